The number of rotatable bonds is 19. The summed E-state index contributed by atoms with van der Waals surface area (Å²) in [5, 5.41) is 7.30. The molecule has 0 bridgehead atoms. The highest BCUT2D eigenvalue weighted by Gasteiger charge is 2.38. The Morgan fingerprint density at radius 1 is 0.800 bits per heavy atom. The smallest absolute Gasteiger partial charge is 0.306 e. The van der Waals surface area contributed by atoms with Crippen molar-refractivity contribution >= 4 is 46.0 Å². The maximum absolute atomic E-state index is 13.6. The summed E-state index contributed by atoms with van der Waals surface area (Å²) < 4.78 is 5.41. The number of ketones is 2. The molecule has 10 heteroatoms. The molecule has 0 spiro atoms. The molecule has 3 rings (SSSR count). The molecule has 0 radical (unpaired) electrons. The number of hydrogen-bond acceptors (Lipinski definition) is 7. The van der Waals surface area contributed by atoms with Crippen molar-refractivity contribution in [2.75, 3.05) is 0 Å². The van der Waals surface area contributed by atoms with Crippen molar-refractivity contribution in [2.45, 2.75) is 91.8 Å². The Balaban J connectivity index is 1.67. The Morgan fingerprint density at radius 3 is 2.06 bits per heavy atom. The van der Waals surface area contributed by atoms with E-state index in [0.29, 0.717) is 12.8 Å². The third-order valence-corrected chi connectivity index (χ3v) is 9.05. The van der Waals surface area contributed by atoms with Crippen molar-refractivity contribution in [3.63, 3.8) is 0 Å². The average Bonchev–Trinajstić information content (AvgIpc) is 3.08. The lowest BCUT2D eigenvalue weighted by atomic mass is 9.86. The van der Waals surface area contributed by atoms with Crippen LogP contribution in [0.4, 0.5) is 0 Å². The van der Waals surface area contributed by atoms with E-state index in [1.165, 1.54) is 13.8 Å². The minimum Gasteiger partial charge on any atom is -0.461 e. The molecule has 0 aliphatic heterocycles. The predicted molar refractivity (Wildman–Crippen MR) is 192 cm³/mol. The molecular weight excluding hydrogens is 634 g/mol. The number of fused-ring (bicyclic) bond motifs is 1. The summed E-state index contributed by atoms with van der Waals surface area (Å²) in [4.78, 5) is 79.1. The molecule has 0 aromatic heterocycles. The van der Waals surface area contributed by atoms with E-state index in [0.717, 1.165) is 21.9 Å². The molecule has 4 unspecified atom stereocenters. The highest BCUT2D eigenvalue weighted by Crippen LogP contribution is 2.23. The second-order valence-electron chi connectivity index (χ2n) is 14.1. The van der Waals surface area contributed by atoms with Gasteiger partial charge in [-0.15, -0.1) is 0 Å². The molecule has 4 N–H and O–H groups in total. The van der Waals surface area contributed by atoms with Crippen molar-refractivity contribution in [3.05, 3.63) is 83.9 Å². The van der Waals surface area contributed by atoms with Crippen LogP contribution >= 0.6 is 0 Å². The number of benzene rings is 3. The molecule has 3 aromatic rings. The van der Waals surface area contributed by atoms with E-state index in [2.05, 4.69) is 10.6 Å². The molecule has 0 heterocycles. The van der Waals surface area contributed by atoms with Gasteiger partial charge < -0.3 is 21.1 Å². The van der Waals surface area contributed by atoms with E-state index in [1.807, 2.05) is 93.6 Å². The summed E-state index contributed by atoms with van der Waals surface area (Å²) >= 11 is 0. The van der Waals surface area contributed by atoms with Crippen LogP contribution in [0.2, 0.25) is 0 Å². The van der Waals surface area contributed by atoms with Gasteiger partial charge in [0.1, 0.15) is 6.61 Å². The molecule has 0 aliphatic rings. The normalized spacial score (nSPS) is 13.9. The molecular formula is C40H51N3O7. The lowest BCUT2D eigenvalue weighted by Crippen LogP contribution is -2.57. The van der Waals surface area contributed by atoms with E-state index in [9.17, 15) is 28.8 Å². The molecule has 4 atom stereocenters. The number of carbonyl (C=O) groups is 6. The topological polar surface area (TPSA) is 162 Å². The van der Waals surface area contributed by atoms with Gasteiger partial charge in [-0.25, -0.2) is 0 Å². The van der Waals surface area contributed by atoms with Crippen LogP contribution in [0, 0.1) is 23.7 Å². The van der Waals surface area contributed by atoms with Gasteiger partial charge in [0.25, 0.3) is 5.91 Å². The number of Topliss-reactive ketones (excluding diaryl/α,β-unsaturated/α-hetero) is 2. The van der Waals surface area contributed by atoms with E-state index >= 15 is 0 Å². The van der Waals surface area contributed by atoms with Crippen molar-refractivity contribution in [3.8, 4) is 0 Å². The summed E-state index contributed by atoms with van der Waals surface area (Å²) in [5.41, 5.74) is 5.83. The average molecular weight is 686 g/mol. The van der Waals surface area contributed by atoms with Gasteiger partial charge in [-0.05, 0) is 60.4 Å². The zero-order valence-electron chi connectivity index (χ0n) is 30.0. The minimum absolute atomic E-state index is 0.0611. The molecule has 268 valence electrons. The van der Waals surface area contributed by atoms with Gasteiger partial charge in [0.05, 0.1) is 18.0 Å². The van der Waals surface area contributed by atoms with Gasteiger partial charge in [-0.1, -0.05) is 107 Å². The van der Waals surface area contributed by atoms with Crippen molar-refractivity contribution in [2.24, 2.45) is 29.4 Å². The van der Waals surface area contributed by atoms with Gasteiger partial charge >= 0.3 is 5.97 Å². The molecule has 50 heavy (non-hydrogen) atoms. The number of hydrogen-bond donors (Lipinski definition) is 3. The Bertz CT molecular complexity index is 1670. The van der Waals surface area contributed by atoms with Crippen LogP contribution in [0.15, 0.2) is 72.8 Å². The Hall–Kier alpha value is -4.86. The fourth-order valence-corrected chi connectivity index (χ4v) is 5.78. The van der Waals surface area contributed by atoms with Crippen molar-refractivity contribution in [1.29, 1.82) is 0 Å². The Kier molecular flexibility index (Phi) is 14.4. The fourth-order valence-electron chi connectivity index (χ4n) is 5.78. The van der Waals surface area contributed by atoms with E-state index < -0.39 is 64.6 Å². The van der Waals surface area contributed by atoms with Crippen LogP contribution in [0.5, 0.6) is 0 Å². The molecule has 3 amide bonds. The third-order valence-electron chi connectivity index (χ3n) is 9.05. The van der Waals surface area contributed by atoms with Crippen LogP contribution in [-0.4, -0.2) is 46.8 Å². The van der Waals surface area contributed by atoms with Gasteiger partial charge in [0, 0.05) is 18.3 Å². The highest BCUT2D eigenvalue weighted by molar-refractivity contribution is 6.39. The van der Waals surface area contributed by atoms with E-state index in [4.69, 9.17) is 10.5 Å². The van der Waals surface area contributed by atoms with Crippen LogP contribution in [0.1, 0.15) is 78.4 Å². The fraction of sp³-hybridized carbons (Fsp3) is 0.450. The largest absolute Gasteiger partial charge is 0.461 e. The molecule has 0 saturated carbocycles. The maximum atomic E-state index is 13.6. The summed E-state index contributed by atoms with van der Waals surface area (Å²) in [6.07, 6.45) is 0.629. The predicted octanol–water partition coefficient (Wildman–Crippen LogP) is 5.23. The van der Waals surface area contributed by atoms with Crippen LogP contribution in [0.3, 0.4) is 0 Å². The lowest BCUT2D eigenvalue weighted by Gasteiger charge is -2.29. The zero-order chi connectivity index (χ0) is 37.0. The van der Waals surface area contributed by atoms with Gasteiger partial charge in [0.2, 0.25) is 17.6 Å². The first-order chi connectivity index (χ1) is 23.6. The summed E-state index contributed by atoms with van der Waals surface area (Å²) in [5.74, 6) is -6.14. The highest BCUT2D eigenvalue weighted by atomic mass is 16.5. The number of esters is 1. The van der Waals surface area contributed by atoms with E-state index in [1.54, 1.807) is 6.92 Å². The number of nitrogens with two attached hydrogens (primary N) is 1. The molecule has 3 aromatic carbocycles. The minimum atomic E-state index is -1.52. The quantitative estimate of drug-likeness (QED) is 0.115. The summed E-state index contributed by atoms with van der Waals surface area (Å²) in [6.45, 7) is 10.4. The maximum Gasteiger partial charge on any atom is 0.306 e. The van der Waals surface area contributed by atoms with Crippen molar-refractivity contribution < 1.29 is 33.5 Å². The standard InChI is InChI=1S/C40H51N3O7/c1-7-26(4)35(42-38(48)32(19-25(2)3)23-34(45)50-24-27-13-9-8-10-14-27)36(46)39(49)43-40(5,6)33(44)22-31(37(41)47)21-28-17-18-29-15-11-12-16-30(29)20-28/h8-18,20,25-26,31-32,35H,7,19,21-24H2,1-6H3,(H2,41,47)(H,42,48)(H,43,49). The van der Waals surface area contributed by atoms with Gasteiger partial charge in [-0.2, -0.15) is 0 Å². The van der Waals surface area contributed by atoms with Crippen molar-refractivity contribution in [1.82, 2.24) is 10.6 Å². The SMILES string of the molecule is CCC(C)C(NC(=O)C(CC(=O)OCc1ccccc1)CC(C)C)C(=O)C(=O)NC(C)(C)C(=O)CC(Cc1ccc2ccccc2c1)C(N)=O. The Labute approximate surface area is 294 Å². The number of primary amides is 1. The van der Waals surface area contributed by atoms with Gasteiger partial charge in [-0.3, -0.25) is 28.8 Å². The number of ether oxygens (including phenoxy) is 1. The molecule has 0 saturated heterocycles. The zero-order valence-corrected chi connectivity index (χ0v) is 30.0. The Morgan fingerprint density at radius 2 is 1.44 bits per heavy atom. The number of carbonyl (C=O) groups excluding carboxylic acids is 6. The molecule has 0 aliphatic carbocycles. The lowest BCUT2D eigenvalue weighted by molar-refractivity contribution is -0.149. The molecule has 10 nitrogen and oxygen atoms in total. The van der Waals surface area contributed by atoms with E-state index in [-0.39, 0.29) is 31.8 Å². The first kappa shape index (κ1) is 39.6. The second kappa shape index (κ2) is 18.2. The monoisotopic (exact) mass is 685 g/mol. The summed E-state index contributed by atoms with van der Waals surface area (Å²) in [7, 11) is 0. The first-order valence-electron chi connectivity index (χ1n) is 17.3. The number of nitrogens with one attached hydrogen (secondary N) is 2. The van der Waals surface area contributed by atoms with Crippen LogP contribution < -0.4 is 16.4 Å². The van der Waals surface area contributed by atoms with Gasteiger partial charge in [0.15, 0.2) is 5.78 Å². The van der Waals surface area contributed by atoms with Crippen LogP contribution in [0.25, 0.3) is 10.8 Å². The first-order valence-corrected chi connectivity index (χ1v) is 17.3. The third kappa shape index (κ3) is 11.6. The summed E-state index contributed by atoms with van der Waals surface area (Å²) in [6, 6.07) is 21.6. The molecule has 0 fully saturated rings. The number of amides is 3. The van der Waals surface area contributed by atoms with Crippen LogP contribution in [-0.2, 0) is 46.5 Å². The second-order valence-corrected chi connectivity index (χ2v) is 14.1.